The van der Waals surface area contributed by atoms with E-state index in [1.54, 1.807) is 24.3 Å². The Balaban J connectivity index is 2.35. The number of ether oxygens (including phenoxy) is 1. The van der Waals surface area contributed by atoms with Gasteiger partial charge in [0.2, 0.25) is 0 Å². The lowest BCUT2D eigenvalue weighted by Crippen LogP contribution is -2.32. The van der Waals surface area contributed by atoms with Gasteiger partial charge >= 0.3 is 5.97 Å². The number of carboxylic acid groups (broad SMARTS) is 1. The molecule has 106 valence electrons. The molecule has 0 atom stereocenters. The first-order chi connectivity index (χ1) is 8.78. The zero-order valence-corrected chi connectivity index (χ0v) is 12.1. The molecule has 4 heteroatoms. The van der Waals surface area contributed by atoms with Crippen molar-refractivity contribution in [1.82, 2.24) is 4.90 Å². The average Bonchev–Trinajstić information content (AvgIpc) is 2.27. The molecule has 0 amide bonds. The molecule has 4 nitrogen and oxygen atoms in total. The number of carbonyl (C=O) groups is 1. The third-order valence-corrected chi connectivity index (χ3v) is 2.59. The predicted octanol–water partition coefficient (Wildman–Crippen LogP) is 2.74. The van der Waals surface area contributed by atoms with E-state index in [1.165, 1.54) is 0 Å². The van der Waals surface area contributed by atoms with Crippen LogP contribution in [0.5, 0.6) is 5.75 Å². The van der Waals surface area contributed by atoms with Crippen LogP contribution in [0.4, 0.5) is 0 Å². The number of aromatic carboxylic acids is 1. The molecule has 0 fully saturated rings. The van der Waals surface area contributed by atoms with Crippen molar-refractivity contribution in [2.45, 2.75) is 20.8 Å². The Morgan fingerprint density at radius 2 is 1.84 bits per heavy atom. The van der Waals surface area contributed by atoms with Crippen LogP contribution in [0, 0.1) is 5.41 Å². The van der Waals surface area contributed by atoms with Gasteiger partial charge in [0.25, 0.3) is 0 Å². The second-order valence-electron chi connectivity index (χ2n) is 5.98. The molecule has 0 bridgehead atoms. The number of nitrogens with zero attached hydrogens (tertiary/aromatic N) is 1. The molecule has 0 spiro atoms. The maximum absolute atomic E-state index is 10.7. The largest absolute Gasteiger partial charge is 0.492 e. The second-order valence-corrected chi connectivity index (χ2v) is 5.98. The summed E-state index contributed by atoms with van der Waals surface area (Å²) in [6.07, 6.45) is 0. The van der Waals surface area contributed by atoms with E-state index in [-0.39, 0.29) is 11.0 Å². The Labute approximate surface area is 115 Å². The summed E-state index contributed by atoms with van der Waals surface area (Å²) in [4.78, 5) is 12.9. The number of carboxylic acids is 1. The van der Waals surface area contributed by atoms with Gasteiger partial charge in [-0.3, -0.25) is 0 Å². The summed E-state index contributed by atoms with van der Waals surface area (Å²) in [5, 5.41) is 8.79. The van der Waals surface area contributed by atoms with Gasteiger partial charge in [0.05, 0.1) is 5.56 Å². The summed E-state index contributed by atoms with van der Waals surface area (Å²) < 4.78 is 5.59. The average molecular weight is 265 g/mol. The lowest BCUT2D eigenvalue weighted by molar-refractivity contribution is 0.0697. The van der Waals surface area contributed by atoms with E-state index in [9.17, 15) is 4.79 Å². The number of rotatable bonds is 6. The van der Waals surface area contributed by atoms with E-state index >= 15 is 0 Å². The third kappa shape index (κ3) is 6.25. The van der Waals surface area contributed by atoms with Crippen LogP contribution in [0.2, 0.25) is 0 Å². The first-order valence-electron chi connectivity index (χ1n) is 6.43. The van der Waals surface area contributed by atoms with Crippen molar-refractivity contribution < 1.29 is 14.6 Å². The molecule has 19 heavy (non-hydrogen) atoms. The van der Waals surface area contributed by atoms with Crippen LogP contribution in [-0.2, 0) is 0 Å². The Hall–Kier alpha value is -1.55. The van der Waals surface area contributed by atoms with Gasteiger partial charge in [-0.2, -0.15) is 0 Å². The highest BCUT2D eigenvalue weighted by molar-refractivity contribution is 5.87. The van der Waals surface area contributed by atoms with E-state index in [0.29, 0.717) is 12.4 Å². The fourth-order valence-corrected chi connectivity index (χ4v) is 1.90. The summed E-state index contributed by atoms with van der Waals surface area (Å²) >= 11 is 0. The SMILES string of the molecule is CN(CCOc1ccc(C(=O)O)cc1)CC(C)(C)C. The van der Waals surface area contributed by atoms with E-state index in [1.807, 2.05) is 0 Å². The summed E-state index contributed by atoms with van der Waals surface area (Å²) in [5.41, 5.74) is 0.551. The minimum atomic E-state index is -0.920. The number of benzene rings is 1. The number of hydrogen-bond acceptors (Lipinski definition) is 3. The van der Waals surface area contributed by atoms with E-state index in [4.69, 9.17) is 9.84 Å². The van der Waals surface area contributed by atoms with Gasteiger partial charge in [-0.1, -0.05) is 20.8 Å². The van der Waals surface area contributed by atoms with Crippen molar-refractivity contribution in [3.63, 3.8) is 0 Å². The highest BCUT2D eigenvalue weighted by atomic mass is 16.5. The highest BCUT2D eigenvalue weighted by Crippen LogP contribution is 2.15. The molecule has 0 aromatic heterocycles. The molecular weight excluding hydrogens is 242 g/mol. The molecule has 1 rings (SSSR count). The molecular formula is C15H23NO3. The van der Waals surface area contributed by atoms with E-state index in [2.05, 4.69) is 32.7 Å². The normalized spacial score (nSPS) is 11.6. The zero-order valence-electron chi connectivity index (χ0n) is 12.1. The second kappa shape index (κ2) is 6.57. The molecule has 0 aliphatic rings. The standard InChI is InChI=1S/C15H23NO3/c1-15(2,3)11-16(4)9-10-19-13-7-5-12(6-8-13)14(17)18/h5-8H,9-11H2,1-4H3,(H,17,18). The number of likely N-dealkylation sites (N-methyl/N-ethyl adjacent to an activating group) is 1. The van der Waals surface area contributed by atoms with Gasteiger partial charge in [-0.15, -0.1) is 0 Å². The third-order valence-electron chi connectivity index (χ3n) is 2.59. The predicted molar refractivity (Wildman–Crippen MR) is 75.8 cm³/mol. The molecule has 0 saturated carbocycles. The Bertz CT molecular complexity index is 406. The van der Waals surface area contributed by atoms with Crippen molar-refractivity contribution >= 4 is 5.97 Å². The fourth-order valence-electron chi connectivity index (χ4n) is 1.90. The molecule has 1 aromatic rings. The minimum absolute atomic E-state index is 0.275. The van der Waals surface area contributed by atoms with E-state index < -0.39 is 5.97 Å². The van der Waals surface area contributed by atoms with Gasteiger partial charge in [0.1, 0.15) is 12.4 Å². The molecule has 0 saturated heterocycles. The fraction of sp³-hybridized carbons (Fsp3) is 0.533. The van der Waals surface area contributed by atoms with E-state index in [0.717, 1.165) is 13.1 Å². The summed E-state index contributed by atoms with van der Waals surface area (Å²) in [6.45, 7) is 9.06. The van der Waals surface area contributed by atoms with Crippen molar-refractivity contribution in [3.05, 3.63) is 29.8 Å². The lowest BCUT2D eigenvalue weighted by atomic mass is 9.96. The highest BCUT2D eigenvalue weighted by Gasteiger charge is 2.13. The molecule has 1 N–H and O–H groups in total. The lowest BCUT2D eigenvalue weighted by Gasteiger charge is -2.26. The van der Waals surface area contributed by atoms with Gasteiger partial charge in [0, 0.05) is 13.1 Å². The summed E-state index contributed by atoms with van der Waals surface area (Å²) in [7, 11) is 2.07. The first kappa shape index (κ1) is 15.5. The molecule has 1 aromatic carbocycles. The van der Waals surface area contributed by atoms with Crippen LogP contribution in [0.1, 0.15) is 31.1 Å². The molecule has 0 heterocycles. The van der Waals surface area contributed by atoms with Crippen LogP contribution in [-0.4, -0.2) is 42.7 Å². The number of hydrogen-bond donors (Lipinski definition) is 1. The van der Waals surface area contributed by atoms with Crippen molar-refractivity contribution in [1.29, 1.82) is 0 Å². The van der Waals surface area contributed by atoms with Gasteiger partial charge in [-0.05, 0) is 36.7 Å². The minimum Gasteiger partial charge on any atom is -0.492 e. The smallest absolute Gasteiger partial charge is 0.335 e. The Morgan fingerprint density at radius 3 is 2.32 bits per heavy atom. The van der Waals surface area contributed by atoms with Crippen LogP contribution in [0.25, 0.3) is 0 Å². The first-order valence-corrected chi connectivity index (χ1v) is 6.43. The Morgan fingerprint density at radius 1 is 1.26 bits per heavy atom. The summed E-state index contributed by atoms with van der Waals surface area (Å²) in [6, 6.07) is 6.48. The Kier molecular flexibility index (Phi) is 5.36. The summed E-state index contributed by atoms with van der Waals surface area (Å²) in [5.74, 6) is -0.217. The molecule has 0 radical (unpaired) electrons. The monoisotopic (exact) mass is 265 g/mol. The van der Waals surface area contributed by atoms with Crippen LogP contribution >= 0.6 is 0 Å². The van der Waals surface area contributed by atoms with Crippen molar-refractivity contribution in [2.75, 3.05) is 26.7 Å². The maximum Gasteiger partial charge on any atom is 0.335 e. The molecule has 0 aliphatic heterocycles. The van der Waals surface area contributed by atoms with Crippen LogP contribution in [0.15, 0.2) is 24.3 Å². The zero-order chi connectivity index (χ0) is 14.5. The van der Waals surface area contributed by atoms with Crippen molar-refractivity contribution in [2.24, 2.45) is 5.41 Å². The van der Waals surface area contributed by atoms with Gasteiger partial charge in [-0.25, -0.2) is 4.79 Å². The van der Waals surface area contributed by atoms with Gasteiger partial charge in [0.15, 0.2) is 0 Å². The van der Waals surface area contributed by atoms with Crippen LogP contribution < -0.4 is 4.74 Å². The quantitative estimate of drug-likeness (QED) is 0.859. The molecule has 0 aliphatic carbocycles. The van der Waals surface area contributed by atoms with Crippen molar-refractivity contribution in [3.8, 4) is 5.75 Å². The molecule has 0 unspecified atom stereocenters. The van der Waals surface area contributed by atoms with Crippen LogP contribution in [0.3, 0.4) is 0 Å². The maximum atomic E-state index is 10.7. The topological polar surface area (TPSA) is 49.8 Å². The van der Waals surface area contributed by atoms with Gasteiger partial charge < -0.3 is 14.7 Å².